The van der Waals surface area contributed by atoms with Gasteiger partial charge in [0, 0.05) is 0 Å². The average Bonchev–Trinajstić information content (AvgIpc) is 2.12. The van der Waals surface area contributed by atoms with E-state index in [0.717, 1.165) is 14.2 Å². The lowest BCUT2D eigenvalue weighted by molar-refractivity contribution is 0.177. The van der Waals surface area contributed by atoms with Crippen molar-refractivity contribution in [3.8, 4) is 0 Å². The zero-order chi connectivity index (χ0) is 14.7. The largest absolute Gasteiger partial charge is 0.452 e. The Morgan fingerprint density at radius 3 is 1.56 bits per heavy atom. The molecule has 0 aromatic rings. The van der Waals surface area contributed by atoms with Crippen LogP contribution in [0.5, 0.6) is 0 Å². The fourth-order valence-corrected chi connectivity index (χ4v) is 2.40. The van der Waals surface area contributed by atoms with Crippen LogP contribution >= 0.6 is 10.4 Å². The van der Waals surface area contributed by atoms with Crippen molar-refractivity contribution >= 4 is 33.7 Å². The molecule has 2 amide bonds. The number of amides is 2. The lowest BCUT2D eigenvalue weighted by atomic mass is 11.2. The Bertz CT molecular complexity index is 374. The van der Waals surface area contributed by atoms with Crippen LogP contribution in [0.2, 0.25) is 0 Å². The number of nitrogens with one attached hydrogen (secondary N) is 2. The number of rotatable bonds is 3. The van der Waals surface area contributed by atoms with E-state index in [2.05, 4.69) is 9.47 Å². The number of methoxy groups -OCH3 is 2. The Balaban J connectivity index is 5.30. The summed E-state index contributed by atoms with van der Waals surface area (Å²) in [4.78, 5) is 21.2. The maximum atomic E-state index is 12.0. The van der Waals surface area contributed by atoms with Crippen molar-refractivity contribution in [1.29, 1.82) is 0 Å². The van der Waals surface area contributed by atoms with Gasteiger partial charge in [0.15, 0.2) is 0 Å². The normalized spacial score (nSPS) is 15.1. The van der Waals surface area contributed by atoms with E-state index in [1.807, 2.05) is 0 Å². The van der Waals surface area contributed by atoms with Crippen LogP contribution in [0.1, 0.15) is 0 Å². The molecular weight excluding hydrogens is 313 g/mol. The molecule has 7 nitrogen and oxygen atoms in total. The summed E-state index contributed by atoms with van der Waals surface area (Å²) in [6.45, 7) is 0. The summed E-state index contributed by atoms with van der Waals surface area (Å²) >= 11 is -3.08. The third kappa shape index (κ3) is 8.80. The molecule has 0 aromatic carbocycles. The molecule has 0 aromatic heterocycles. The molecule has 0 spiro atoms. The molecule has 0 rings (SSSR count). The summed E-state index contributed by atoms with van der Waals surface area (Å²) in [6, 6.07) is 0. The van der Waals surface area contributed by atoms with Gasteiger partial charge in [0.2, 0.25) is 0 Å². The van der Waals surface area contributed by atoms with E-state index in [1.54, 1.807) is 0 Å². The molecule has 0 unspecified atom stereocenters. The van der Waals surface area contributed by atoms with Crippen LogP contribution in [0, 0.1) is 0 Å². The van der Waals surface area contributed by atoms with Gasteiger partial charge in [0.1, 0.15) is 11.1 Å². The number of hydrogen-bond acceptors (Lipinski definition) is 5. The van der Waals surface area contributed by atoms with Gasteiger partial charge in [-0.3, -0.25) is 0 Å². The van der Waals surface area contributed by atoms with Gasteiger partial charge < -0.3 is 9.47 Å². The van der Waals surface area contributed by atoms with Crippen molar-refractivity contribution in [2.24, 2.45) is 3.77 Å². The molecule has 0 bridgehead atoms. The van der Waals surface area contributed by atoms with Crippen LogP contribution in [0.3, 0.4) is 0 Å². The highest BCUT2D eigenvalue weighted by atomic mass is 32.5. The number of nitrogens with zero attached hydrogens (tertiary/aromatic N) is 1. The predicted molar refractivity (Wildman–Crippen MR) is 54.0 cm³/mol. The van der Waals surface area contributed by atoms with Gasteiger partial charge in [-0.15, -0.1) is 0 Å². The Morgan fingerprint density at radius 1 is 1.00 bits per heavy atom. The maximum Gasteiger partial charge on any atom is 0.418 e. The first kappa shape index (κ1) is 16.7. The van der Waals surface area contributed by atoms with Crippen LogP contribution in [0.15, 0.2) is 3.77 Å². The van der Waals surface area contributed by atoms with Crippen LogP contribution < -0.4 is 9.44 Å². The second-order valence-corrected chi connectivity index (χ2v) is 5.90. The second-order valence-electron chi connectivity index (χ2n) is 2.47. The highest BCUT2D eigenvalue weighted by Crippen LogP contribution is 2.99. The molecule has 0 aliphatic carbocycles. The molecule has 0 aliphatic rings. The molecule has 0 radical (unpaired) electrons. The zero-order valence-corrected chi connectivity index (χ0v) is 10.4. The Kier molecular flexibility index (Phi) is 4.09. The fraction of sp³-hybridized carbons (Fsp3) is 0.500. The monoisotopic (exact) mass is 321 g/mol. The minimum absolute atomic E-state index is 0.773. The highest BCUT2D eigenvalue weighted by Gasteiger charge is 2.65. The van der Waals surface area contributed by atoms with Gasteiger partial charge >= 0.3 is 22.6 Å². The number of ether oxygens (including phenoxy) is 2. The first-order valence-electron chi connectivity index (χ1n) is 3.68. The van der Waals surface area contributed by atoms with E-state index in [0.29, 0.717) is 0 Å². The first-order valence-corrected chi connectivity index (χ1v) is 6.77. The minimum Gasteiger partial charge on any atom is -0.452 e. The minimum atomic E-state index is -10.2. The first-order chi connectivity index (χ1) is 7.76. The third-order valence-corrected chi connectivity index (χ3v) is 3.39. The van der Waals surface area contributed by atoms with Crippen LogP contribution in [0.4, 0.5) is 29.0 Å². The number of carbonyl (C=O) groups is 2. The van der Waals surface area contributed by atoms with Crippen molar-refractivity contribution in [1.82, 2.24) is 9.44 Å². The number of hydrogen-bond donors (Lipinski definition) is 2. The quantitative estimate of drug-likeness (QED) is 0.782. The second kappa shape index (κ2) is 4.42. The smallest absolute Gasteiger partial charge is 0.418 e. The summed E-state index contributed by atoms with van der Waals surface area (Å²) in [7, 11) is -8.64. The van der Waals surface area contributed by atoms with Crippen molar-refractivity contribution < 1.29 is 38.5 Å². The van der Waals surface area contributed by atoms with Crippen LogP contribution in [0.25, 0.3) is 0 Å². The van der Waals surface area contributed by atoms with E-state index < -0.39 is 33.7 Å². The summed E-state index contributed by atoms with van der Waals surface area (Å²) in [5.41, 5.74) is 0. The fourth-order valence-electron chi connectivity index (χ4n) is 0.445. The van der Waals surface area contributed by atoms with Gasteiger partial charge in [-0.1, -0.05) is 23.2 Å². The lowest BCUT2D eigenvalue weighted by Gasteiger charge is -2.35. The SMILES string of the molecule is COC(=O)NS(=NS(F)(F)(F)(F)F)NC(=O)OC. The third-order valence-electron chi connectivity index (χ3n) is 0.946. The Hall–Kier alpha value is -1.31. The Morgan fingerprint density at radius 2 is 1.33 bits per heavy atom. The summed E-state index contributed by atoms with van der Waals surface area (Å²) in [6.07, 6.45) is -3.00. The molecular formula is C4H8F5N3O4S2. The van der Waals surface area contributed by atoms with Crippen molar-refractivity contribution in [2.45, 2.75) is 0 Å². The molecule has 0 aliphatic heterocycles. The van der Waals surface area contributed by atoms with Crippen LogP contribution in [-0.4, -0.2) is 26.4 Å². The summed E-state index contributed by atoms with van der Waals surface area (Å²) < 4.78 is 71.7. The highest BCUT2D eigenvalue weighted by molar-refractivity contribution is 8.46. The van der Waals surface area contributed by atoms with E-state index in [4.69, 9.17) is 0 Å². The van der Waals surface area contributed by atoms with Gasteiger partial charge in [-0.2, -0.15) is 0 Å². The molecule has 0 heterocycles. The molecule has 0 saturated heterocycles. The van der Waals surface area contributed by atoms with Crippen LogP contribution in [-0.2, 0) is 20.5 Å². The number of carbonyl (C=O) groups excluding carboxylic acids is 2. The van der Waals surface area contributed by atoms with Gasteiger partial charge in [-0.05, 0) is 0 Å². The molecule has 110 valence electrons. The predicted octanol–water partition coefficient (Wildman–Crippen LogP) is 2.54. The Labute approximate surface area is 100 Å². The van der Waals surface area contributed by atoms with E-state index in [-0.39, 0.29) is 0 Å². The number of halogens is 5. The maximum absolute atomic E-state index is 12.0. The van der Waals surface area contributed by atoms with Crippen molar-refractivity contribution in [3.63, 3.8) is 0 Å². The summed E-state index contributed by atoms with van der Waals surface area (Å²) in [5.74, 6) is 0. The topological polar surface area (TPSA) is 89.0 Å². The molecule has 18 heavy (non-hydrogen) atoms. The molecule has 14 heteroatoms. The van der Waals surface area contributed by atoms with E-state index in [9.17, 15) is 29.0 Å². The molecule has 0 fully saturated rings. The zero-order valence-electron chi connectivity index (χ0n) is 8.79. The van der Waals surface area contributed by atoms with Gasteiger partial charge in [0.25, 0.3) is 0 Å². The van der Waals surface area contributed by atoms with Crippen molar-refractivity contribution in [3.05, 3.63) is 0 Å². The lowest BCUT2D eigenvalue weighted by Crippen LogP contribution is -2.38. The molecule has 2 N–H and O–H groups in total. The van der Waals surface area contributed by atoms with Gasteiger partial charge in [-0.25, -0.2) is 19.0 Å². The van der Waals surface area contributed by atoms with Crippen molar-refractivity contribution in [2.75, 3.05) is 14.2 Å². The van der Waals surface area contributed by atoms with E-state index >= 15 is 0 Å². The standard InChI is InChI=1S/C4H8F5N3O4S2/c1-15-3(13)10-17(11-4(14)16-2)12-18(5,6,7,8)9/h1-2H3,(H2,10,11,12,13,14). The summed E-state index contributed by atoms with van der Waals surface area (Å²) in [5, 5.41) is 0. The van der Waals surface area contributed by atoms with E-state index in [1.165, 1.54) is 13.2 Å². The average molecular weight is 321 g/mol. The van der Waals surface area contributed by atoms with Gasteiger partial charge in [0.05, 0.1) is 14.2 Å². The molecule has 0 atom stereocenters. The molecule has 0 saturated carbocycles.